The summed E-state index contributed by atoms with van der Waals surface area (Å²) in [6.07, 6.45) is 4.60. The molecule has 3 heterocycles. The van der Waals surface area contributed by atoms with Crippen LogP contribution in [-0.4, -0.2) is 27.0 Å². The van der Waals surface area contributed by atoms with Crippen molar-refractivity contribution in [3.8, 4) is 45.0 Å². The summed E-state index contributed by atoms with van der Waals surface area (Å²) in [6.45, 7) is 7.06. The van der Waals surface area contributed by atoms with Crippen LogP contribution >= 0.6 is 0 Å². The van der Waals surface area contributed by atoms with Gasteiger partial charge in [0.15, 0.2) is 11.6 Å². The van der Waals surface area contributed by atoms with Gasteiger partial charge in [0.05, 0.1) is 0 Å². The normalized spacial score (nSPS) is 22.5. The molecule has 0 saturated carbocycles. The minimum atomic E-state index is -0.0831. The number of hydrogen-bond acceptors (Lipinski definition) is 4. The predicted molar refractivity (Wildman–Crippen MR) is 188 cm³/mol. The van der Waals surface area contributed by atoms with Crippen LogP contribution < -0.4 is 5.32 Å². The number of nitrogens with zero attached hydrogens (tertiary/aromatic N) is 3. The van der Waals surface area contributed by atoms with Gasteiger partial charge in [-0.15, -0.1) is 0 Å². The van der Waals surface area contributed by atoms with E-state index < -0.39 is 0 Å². The van der Waals surface area contributed by atoms with Gasteiger partial charge >= 0.3 is 0 Å². The van der Waals surface area contributed by atoms with Crippen LogP contribution in [0.5, 0.6) is 0 Å². The van der Waals surface area contributed by atoms with E-state index in [1.165, 1.54) is 57.0 Å². The van der Waals surface area contributed by atoms with Crippen molar-refractivity contribution in [3.63, 3.8) is 0 Å². The Morgan fingerprint density at radius 2 is 1.15 bits per heavy atom. The van der Waals surface area contributed by atoms with E-state index in [0.29, 0.717) is 12.1 Å². The van der Waals surface area contributed by atoms with E-state index in [1.54, 1.807) is 0 Å². The van der Waals surface area contributed by atoms with Crippen LogP contribution in [-0.2, 0) is 10.8 Å². The second-order valence-corrected chi connectivity index (χ2v) is 14.5. The number of benzene rings is 5. The Kier molecular flexibility index (Phi) is 6.11. The van der Waals surface area contributed by atoms with Crippen molar-refractivity contribution in [3.05, 3.63) is 126 Å². The SMILES string of the molecule is CC1(c2nc(-c3ccccc3)nc(-c3cccc(-c4ccc5c(c4)-c4cc6ccccc6cc4C5(C)C)c3)n2)CC2CC[C@H](C1)N2. The fraction of sp³-hybridized carbons (Fsp3) is 0.262. The standard InChI is InChI=1S/C42H38N4/c1-41(2)36-19-16-30(22-34(36)35-21-28-12-7-8-13-29(28)23-37(35)41)27-14-9-15-31(20-27)39-44-38(26-10-5-4-6-11-26)45-40(46-39)42(3)24-32-17-18-33(25-42)43-32/h4-16,19-23,32-33,43H,17-18,24-25H2,1-3H3/t32-,33?,42?/m1/s1. The molecule has 2 fully saturated rings. The van der Waals surface area contributed by atoms with Crippen molar-refractivity contribution in [1.29, 1.82) is 0 Å². The van der Waals surface area contributed by atoms with Gasteiger partial charge in [0.1, 0.15) is 5.82 Å². The second kappa shape index (κ2) is 10.2. The Balaban J connectivity index is 1.15. The zero-order valence-electron chi connectivity index (χ0n) is 26.7. The fourth-order valence-corrected chi connectivity index (χ4v) is 8.52. The number of rotatable bonds is 4. The number of fused-ring (bicyclic) bond motifs is 6. The first kappa shape index (κ1) is 27.6. The molecule has 6 aromatic rings. The van der Waals surface area contributed by atoms with Crippen molar-refractivity contribution in [1.82, 2.24) is 20.3 Å². The third kappa shape index (κ3) is 4.42. The molecule has 226 valence electrons. The molecule has 4 nitrogen and oxygen atoms in total. The van der Waals surface area contributed by atoms with E-state index in [2.05, 4.69) is 129 Å². The summed E-state index contributed by atoms with van der Waals surface area (Å²) in [5.41, 5.74) is 9.75. The first-order chi connectivity index (χ1) is 22.3. The Bertz CT molecular complexity index is 2140. The molecule has 0 spiro atoms. The highest BCUT2D eigenvalue weighted by Crippen LogP contribution is 2.51. The van der Waals surface area contributed by atoms with Crippen LogP contribution in [0.25, 0.3) is 55.8 Å². The highest BCUT2D eigenvalue weighted by Gasteiger charge is 2.44. The number of piperidine rings is 1. The van der Waals surface area contributed by atoms with E-state index in [4.69, 9.17) is 15.0 Å². The first-order valence-electron chi connectivity index (χ1n) is 16.7. The summed E-state index contributed by atoms with van der Waals surface area (Å²) in [7, 11) is 0. The van der Waals surface area contributed by atoms with Gasteiger partial charge < -0.3 is 5.32 Å². The van der Waals surface area contributed by atoms with Crippen LogP contribution in [0, 0.1) is 0 Å². The summed E-state index contributed by atoms with van der Waals surface area (Å²) >= 11 is 0. The van der Waals surface area contributed by atoms with Gasteiger partial charge in [-0.3, -0.25) is 0 Å². The molecule has 46 heavy (non-hydrogen) atoms. The lowest BCUT2D eigenvalue weighted by Crippen LogP contribution is -2.46. The van der Waals surface area contributed by atoms with E-state index in [1.807, 2.05) is 6.07 Å². The predicted octanol–water partition coefficient (Wildman–Crippen LogP) is 9.50. The molecule has 3 atom stereocenters. The largest absolute Gasteiger partial charge is 0.311 e. The third-order valence-electron chi connectivity index (χ3n) is 10.9. The van der Waals surface area contributed by atoms with Crippen molar-refractivity contribution < 1.29 is 0 Å². The average molecular weight is 599 g/mol. The lowest BCUT2D eigenvalue weighted by Gasteiger charge is -2.37. The molecule has 4 heteroatoms. The highest BCUT2D eigenvalue weighted by molar-refractivity contribution is 5.94. The molecule has 9 rings (SSSR count). The van der Waals surface area contributed by atoms with Crippen LogP contribution in [0.3, 0.4) is 0 Å². The summed E-state index contributed by atoms with van der Waals surface area (Å²) in [6, 6.07) is 40.7. The lowest BCUT2D eigenvalue weighted by atomic mass is 9.76. The Hall–Kier alpha value is -4.67. The molecule has 0 amide bonds. The van der Waals surface area contributed by atoms with Crippen molar-refractivity contribution in [2.45, 2.75) is 69.4 Å². The number of aromatic nitrogens is 3. The maximum absolute atomic E-state index is 5.24. The zero-order chi connectivity index (χ0) is 31.0. The van der Waals surface area contributed by atoms with Gasteiger partial charge in [-0.05, 0) is 94.1 Å². The molecule has 1 N–H and O–H groups in total. The number of nitrogens with one attached hydrogen (secondary N) is 1. The molecule has 0 radical (unpaired) electrons. The van der Waals surface area contributed by atoms with E-state index in [-0.39, 0.29) is 10.8 Å². The average Bonchev–Trinajstić information content (AvgIpc) is 3.55. The van der Waals surface area contributed by atoms with Crippen LogP contribution in [0.2, 0.25) is 0 Å². The van der Waals surface area contributed by atoms with E-state index >= 15 is 0 Å². The minimum Gasteiger partial charge on any atom is -0.311 e. The first-order valence-corrected chi connectivity index (χ1v) is 16.7. The summed E-state index contributed by atoms with van der Waals surface area (Å²) < 4.78 is 0. The Morgan fingerprint density at radius 1 is 0.543 bits per heavy atom. The molecule has 2 unspecified atom stereocenters. The summed E-state index contributed by atoms with van der Waals surface area (Å²) in [5, 5.41) is 6.38. The fourth-order valence-electron chi connectivity index (χ4n) is 8.52. The smallest absolute Gasteiger partial charge is 0.163 e. The molecule has 1 aromatic heterocycles. The van der Waals surface area contributed by atoms with E-state index in [9.17, 15) is 0 Å². The van der Waals surface area contributed by atoms with Gasteiger partial charge in [0.2, 0.25) is 0 Å². The molecule has 2 aliphatic heterocycles. The quantitative estimate of drug-likeness (QED) is 0.220. The Labute approximate surface area is 271 Å². The molecular formula is C42H38N4. The molecule has 5 aromatic carbocycles. The lowest BCUT2D eigenvalue weighted by molar-refractivity contribution is 0.256. The van der Waals surface area contributed by atoms with E-state index in [0.717, 1.165) is 41.4 Å². The molecule has 2 saturated heterocycles. The van der Waals surface area contributed by atoms with Crippen LogP contribution in [0.15, 0.2) is 109 Å². The van der Waals surface area contributed by atoms with Gasteiger partial charge in [-0.2, -0.15) is 0 Å². The minimum absolute atomic E-state index is 0.0472. The van der Waals surface area contributed by atoms with Gasteiger partial charge in [0.25, 0.3) is 0 Å². The number of hydrogen-bond donors (Lipinski definition) is 1. The second-order valence-electron chi connectivity index (χ2n) is 14.5. The highest BCUT2D eigenvalue weighted by atomic mass is 15.1. The maximum atomic E-state index is 5.24. The van der Waals surface area contributed by atoms with Gasteiger partial charge in [-0.1, -0.05) is 106 Å². The topological polar surface area (TPSA) is 50.7 Å². The van der Waals surface area contributed by atoms with Crippen LogP contribution in [0.1, 0.15) is 63.4 Å². The molecule has 2 bridgehead atoms. The van der Waals surface area contributed by atoms with Gasteiger partial charge in [-0.25, -0.2) is 15.0 Å². The monoisotopic (exact) mass is 598 g/mol. The van der Waals surface area contributed by atoms with Crippen molar-refractivity contribution in [2.75, 3.05) is 0 Å². The van der Waals surface area contributed by atoms with Crippen LogP contribution in [0.4, 0.5) is 0 Å². The van der Waals surface area contributed by atoms with Crippen molar-refractivity contribution in [2.24, 2.45) is 0 Å². The van der Waals surface area contributed by atoms with Crippen molar-refractivity contribution >= 4 is 10.8 Å². The molecule has 3 aliphatic rings. The molecule has 1 aliphatic carbocycles. The Morgan fingerprint density at radius 3 is 1.91 bits per heavy atom. The summed E-state index contributed by atoms with van der Waals surface area (Å²) in [5.74, 6) is 2.42. The zero-order valence-corrected chi connectivity index (χ0v) is 26.7. The summed E-state index contributed by atoms with van der Waals surface area (Å²) in [4.78, 5) is 15.5. The van der Waals surface area contributed by atoms with Gasteiger partial charge in [0, 0.05) is 34.0 Å². The molecular weight excluding hydrogens is 560 g/mol. The third-order valence-corrected chi connectivity index (χ3v) is 10.9. The maximum Gasteiger partial charge on any atom is 0.163 e.